The number of nitrogens with two attached hydrogens (primary N) is 2. The summed E-state index contributed by atoms with van der Waals surface area (Å²) >= 11 is 0. The lowest BCUT2D eigenvalue weighted by Crippen LogP contribution is -2.41. The number of esters is 1. The quantitative estimate of drug-likeness (QED) is 0.439. The van der Waals surface area contributed by atoms with E-state index >= 15 is 0 Å². The van der Waals surface area contributed by atoms with Gasteiger partial charge in [0.2, 0.25) is 5.60 Å². The van der Waals surface area contributed by atoms with Gasteiger partial charge in [-0.25, -0.2) is 13.9 Å². The molecule has 2 aromatic heterocycles. The highest BCUT2D eigenvalue weighted by molar-refractivity contribution is 5.75. The maximum Gasteiger partial charge on any atom is 0.323 e. The van der Waals surface area contributed by atoms with Gasteiger partial charge >= 0.3 is 5.97 Å². The third-order valence-corrected chi connectivity index (χ3v) is 4.92. The Kier molecular flexibility index (Phi) is 5.42. The highest BCUT2D eigenvalue weighted by atomic mass is 19.1. The molecular weight excluding hydrogens is 387 g/mol. The first-order valence-corrected chi connectivity index (χ1v) is 8.79. The molecule has 3 heterocycles. The fraction of sp³-hybridized carbons (Fsp3) is 0.529. The second-order valence-electron chi connectivity index (χ2n) is 7.12. The second kappa shape index (κ2) is 7.53. The average molecular weight is 408 g/mol. The second-order valence-corrected chi connectivity index (χ2v) is 7.12. The molecule has 1 saturated heterocycles. The Labute approximate surface area is 164 Å². The monoisotopic (exact) mass is 408 g/mol. The molecule has 2 aromatic rings. The molecule has 0 amide bonds. The van der Waals surface area contributed by atoms with Crippen LogP contribution < -0.4 is 11.5 Å². The standard InChI is InChI=1S/C17H21FN6O5/c1-7(2)11(20)16(27)28-4-9-13(25)14(26)17(5-19,29-9)10-3-8(18)12-15(21)22-6-23-24(10)12/h3,6-7,9,11,13-14,25-26H,4,20H2,1-2H3,(H2,21,22,23)/t9-,11+,13-,14-,17+/m1/s1. The molecule has 29 heavy (non-hydrogen) atoms. The number of aliphatic hydroxyl groups excluding tert-OH is 2. The molecular formula is C17H21FN6O5. The minimum Gasteiger partial charge on any atom is -0.462 e. The minimum absolute atomic E-state index is 0.180. The fourth-order valence-electron chi connectivity index (χ4n) is 3.14. The van der Waals surface area contributed by atoms with E-state index in [1.165, 1.54) is 0 Å². The number of nitriles is 1. The zero-order chi connectivity index (χ0) is 21.5. The Balaban J connectivity index is 1.92. The maximum atomic E-state index is 14.4. The molecule has 0 unspecified atom stereocenters. The van der Waals surface area contributed by atoms with Crippen LogP contribution in [0.4, 0.5) is 10.2 Å². The number of fused-ring (bicyclic) bond motifs is 1. The van der Waals surface area contributed by atoms with Gasteiger partial charge in [-0.15, -0.1) is 0 Å². The van der Waals surface area contributed by atoms with Crippen molar-refractivity contribution >= 4 is 17.3 Å². The van der Waals surface area contributed by atoms with Crippen LogP contribution in [0.2, 0.25) is 0 Å². The predicted octanol–water partition coefficient (Wildman–Crippen LogP) is -1.18. The van der Waals surface area contributed by atoms with Crippen molar-refractivity contribution in [2.24, 2.45) is 11.7 Å². The van der Waals surface area contributed by atoms with Crippen molar-refractivity contribution in [2.45, 2.75) is 43.8 Å². The first-order valence-electron chi connectivity index (χ1n) is 8.79. The van der Waals surface area contributed by atoms with E-state index in [0.717, 1.165) is 16.9 Å². The summed E-state index contributed by atoms with van der Waals surface area (Å²) in [5, 5.41) is 34.6. The van der Waals surface area contributed by atoms with Crippen LogP contribution >= 0.6 is 0 Å². The summed E-state index contributed by atoms with van der Waals surface area (Å²) in [6.45, 7) is 3.00. The van der Waals surface area contributed by atoms with E-state index in [1.807, 2.05) is 0 Å². The van der Waals surface area contributed by atoms with Crippen molar-refractivity contribution in [3.63, 3.8) is 0 Å². The lowest BCUT2D eigenvalue weighted by atomic mass is 9.92. The third-order valence-electron chi connectivity index (χ3n) is 4.92. The smallest absolute Gasteiger partial charge is 0.323 e. The molecule has 0 bridgehead atoms. The van der Waals surface area contributed by atoms with E-state index in [1.54, 1.807) is 19.9 Å². The highest BCUT2D eigenvalue weighted by Crippen LogP contribution is 2.41. The highest BCUT2D eigenvalue weighted by Gasteiger charge is 2.58. The van der Waals surface area contributed by atoms with Crippen molar-refractivity contribution in [3.05, 3.63) is 23.9 Å². The molecule has 1 fully saturated rings. The Morgan fingerprint density at radius 1 is 1.55 bits per heavy atom. The van der Waals surface area contributed by atoms with Crippen LogP contribution in [0, 0.1) is 23.1 Å². The Morgan fingerprint density at radius 2 is 2.24 bits per heavy atom. The van der Waals surface area contributed by atoms with Crippen molar-refractivity contribution in [1.29, 1.82) is 5.26 Å². The van der Waals surface area contributed by atoms with Crippen LogP contribution in [0.1, 0.15) is 19.5 Å². The Bertz CT molecular complexity index is 975. The number of aromatic nitrogens is 3. The molecule has 12 heteroatoms. The maximum absolute atomic E-state index is 14.4. The number of ether oxygens (including phenoxy) is 2. The van der Waals surface area contributed by atoms with Crippen LogP contribution in [-0.2, 0) is 19.9 Å². The summed E-state index contributed by atoms with van der Waals surface area (Å²) in [4.78, 5) is 15.6. The first-order chi connectivity index (χ1) is 13.6. The number of nitrogens with zero attached hydrogens (tertiary/aromatic N) is 4. The molecule has 1 aliphatic heterocycles. The molecule has 5 atom stereocenters. The molecule has 11 nitrogen and oxygen atoms in total. The van der Waals surface area contributed by atoms with E-state index in [9.17, 15) is 24.7 Å². The van der Waals surface area contributed by atoms with Crippen LogP contribution in [0.3, 0.4) is 0 Å². The third kappa shape index (κ3) is 3.28. The summed E-state index contributed by atoms with van der Waals surface area (Å²) < 4.78 is 26.0. The van der Waals surface area contributed by atoms with Gasteiger partial charge < -0.3 is 31.2 Å². The summed E-state index contributed by atoms with van der Waals surface area (Å²) in [5.41, 5.74) is 8.77. The number of hydrogen-bond donors (Lipinski definition) is 4. The first kappa shape index (κ1) is 20.9. The van der Waals surface area contributed by atoms with Gasteiger partial charge in [0, 0.05) is 6.07 Å². The topological polar surface area (TPSA) is 182 Å². The van der Waals surface area contributed by atoms with Crippen LogP contribution in [-0.4, -0.2) is 61.7 Å². The van der Waals surface area contributed by atoms with Crippen LogP contribution in [0.25, 0.3) is 5.52 Å². The Morgan fingerprint density at radius 3 is 2.86 bits per heavy atom. The average Bonchev–Trinajstić information content (AvgIpc) is 3.16. The molecule has 156 valence electrons. The summed E-state index contributed by atoms with van der Waals surface area (Å²) in [5.74, 6) is -1.92. The minimum atomic E-state index is -2.19. The number of rotatable bonds is 5. The van der Waals surface area contributed by atoms with Gasteiger partial charge in [-0.2, -0.15) is 10.4 Å². The van der Waals surface area contributed by atoms with Gasteiger partial charge in [0.05, 0.1) is 5.69 Å². The number of halogens is 1. The number of hydrogen-bond acceptors (Lipinski definition) is 10. The Hall–Kier alpha value is -2.85. The molecule has 0 saturated carbocycles. The molecule has 3 rings (SSSR count). The molecule has 1 aliphatic rings. The zero-order valence-corrected chi connectivity index (χ0v) is 15.7. The normalized spacial score (nSPS) is 27.9. The predicted molar refractivity (Wildman–Crippen MR) is 95.3 cm³/mol. The van der Waals surface area contributed by atoms with Crippen LogP contribution in [0.15, 0.2) is 12.4 Å². The number of aliphatic hydroxyl groups is 2. The lowest BCUT2D eigenvalue weighted by Gasteiger charge is -2.24. The van der Waals surface area contributed by atoms with Crippen molar-refractivity contribution in [2.75, 3.05) is 12.3 Å². The molecule has 0 aromatic carbocycles. The fourth-order valence-corrected chi connectivity index (χ4v) is 3.14. The van der Waals surface area contributed by atoms with Crippen LogP contribution in [0.5, 0.6) is 0 Å². The molecule has 0 spiro atoms. The zero-order valence-electron chi connectivity index (χ0n) is 15.7. The number of carbonyl (C=O) groups is 1. The van der Waals surface area contributed by atoms with Crippen molar-refractivity contribution < 1.29 is 28.9 Å². The largest absolute Gasteiger partial charge is 0.462 e. The van der Waals surface area contributed by atoms with Gasteiger partial charge in [-0.3, -0.25) is 4.79 Å². The van der Waals surface area contributed by atoms with E-state index in [-0.39, 0.29) is 22.9 Å². The number of nitrogen functional groups attached to an aromatic ring is 1. The van der Waals surface area contributed by atoms with Gasteiger partial charge in [-0.05, 0) is 5.92 Å². The summed E-state index contributed by atoms with van der Waals surface area (Å²) in [6.07, 6.45) is -3.62. The SMILES string of the molecule is CC(C)[C@H](N)C(=O)OC[C@H]1O[C@@](C#N)(c2cc(F)c3c(N)ncnn23)[C@H](O)[C@@H]1O. The van der Waals surface area contributed by atoms with Gasteiger partial charge in [0.15, 0.2) is 11.6 Å². The summed E-state index contributed by atoms with van der Waals surface area (Å²) in [7, 11) is 0. The van der Waals surface area contributed by atoms with Gasteiger partial charge in [0.25, 0.3) is 0 Å². The molecule has 0 aliphatic carbocycles. The van der Waals surface area contributed by atoms with Gasteiger partial charge in [0.1, 0.15) is 48.9 Å². The van der Waals surface area contributed by atoms with E-state index in [0.29, 0.717) is 0 Å². The molecule has 6 N–H and O–H groups in total. The summed E-state index contributed by atoms with van der Waals surface area (Å²) in [6, 6.07) is 1.80. The number of carbonyl (C=O) groups excluding carboxylic acids is 1. The van der Waals surface area contributed by atoms with E-state index < -0.39 is 48.3 Å². The van der Waals surface area contributed by atoms with E-state index in [2.05, 4.69) is 10.1 Å². The lowest BCUT2D eigenvalue weighted by molar-refractivity contribution is -0.153. The van der Waals surface area contributed by atoms with Gasteiger partial charge in [-0.1, -0.05) is 13.8 Å². The van der Waals surface area contributed by atoms with Crippen molar-refractivity contribution in [1.82, 2.24) is 14.6 Å². The molecule has 0 radical (unpaired) electrons. The number of anilines is 1. The van der Waals surface area contributed by atoms with E-state index in [4.69, 9.17) is 20.9 Å². The van der Waals surface area contributed by atoms with Crippen molar-refractivity contribution in [3.8, 4) is 6.07 Å².